The topological polar surface area (TPSA) is 67.3 Å². The molecule has 0 saturated heterocycles. The van der Waals surface area contributed by atoms with Crippen LogP contribution in [0.4, 0.5) is 13.2 Å². The van der Waals surface area contributed by atoms with Crippen molar-refractivity contribution in [3.8, 4) is 0 Å². The summed E-state index contributed by atoms with van der Waals surface area (Å²) in [5, 5.41) is 9.35. The predicted octanol–water partition coefficient (Wildman–Crippen LogP) is 1.89. The molecule has 112 valence electrons. The van der Waals surface area contributed by atoms with Crippen LogP contribution >= 0.6 is 0 Å². The summed E-state index contributed by atoms with van der Waals surface area (Å²) < 4.78 is 62.5. The Kier molecular flexibility index (Phi) is 3.58. The van der Waals surface area contributed by atoms with Crippen molar-refractivity contribution in [3.05, 3.63) is 29.6 Å². The number of halogens is 3. The van der Waals surface area contributed by atoms with Crippen LogP contribution in [0.3, 0.4) is 0 Å². The van der Waals surface area contributed by atoms with Crippen LogP contribution in [0.25, 0.3) is 0 Å². The van der Waals surface area contributed by atoms with E-state index in [0.717, 1.165) is 24.7 Å². The Hall–Kier alpha value is -1.15. The van der Waals surface area contributed by atoms with Crippen LogP contribution in [0, 0.1) is 0 Å². The third-order valence-corrected chi connectivity index (χ3v) is 5.33. The molecule has 0 bridgehead atoms. The summed E-state index contributed by atoms with van der Waals surface area (Å²) in [5.41, 5.74) is -3.53. The Morgan fingerprint density at radius 2 is 2.10 bits per heavy atom. The molecule has 1 aromatic heterocycles. The van der Waals surface area contributed by atoms with E-state index in [1.165, 1.54) is 0 Å². The lowest BCUT2D eigenvalue weighted by atomic mass is 9.89. The van der Waals surface area contributed by atoms with Crippen molar-refractivity contribution in [1.82, 2.24) is 4.98 Å². The highest BCUT2D eigenvalue weighted by molar-refractivity contribution is 7.91. The Bertz CT molecular complexity index is 615. The summed E-state index contributed by atoms with van der Waals surface area (Å²) in [6.07, 6.45) is -1.40. The molecule has 0 amide bonds. The summed E-state index contributed by atoms with van der Waals surface area (Å²) in [6, 6.07) is 0.755. The fourth-order valence-corrected chi connectivity index (χ4v) is 4.37. The van der Waals surface area contributed by atoms with Gasteiger partial charge in [0.25, 0.3) is 0 Å². The number of aromatic nitrogens is 1. The van der Waals surface area contributed by atoms with E-state index in [9.17, 15) is 26.7 Å². The van der Waals surface area contributed by atoms with Gasteiger partial charge in [-0.15, -0.1) is 0 Å². The lowest BCUT2D eigenvalue weighted by molar-refractivity contribution is -0.140. The van der Waals surface area contributed by atoms with Crippen LogP contribution in [-0.2, 0) is 21.6 Å². The van der Waals surface area contributed by atoms with Crippen molar-refractivity contribution in [2.24, 2.45) is 0 Å². The highest BCUT2D eigenvalue weighted by Crippen LogP contribution is 2.46. The minimum Gasteiger partial charge on any atom is -0.384 e. The van der Waals surface area contributed by atoms with Gasteiger partial charge in [0.2, 0.25) is 0 Å². The molecule has 1 N–H and O–H groups in total. The van der Waals surface area contributed by atoms with Gasteiger partial charge in [0.1, 0.15) is 5.60 Å². The Labute approximate surface area is 114 Å². The summed E-state index contributed by atoms with van der Waals surface area (Å²) in [6.45, 7) is 0. The lowest BCUT2D eigenvalue weighted by Gasteiger charge is -2.31. The molecule has 0 aromatic carbocycles. The fraction of sp³-hybridized carbons (Fsp3) is 0.583. The zero-order valence-corrected chi connectivity index (χ0v) is 11.5. The number of sulfone groups is 1. The van der Waals surface area contributed by atoms with E-state index in [1.807, 2.05) is 0 Å². The van der Waals surface area contributed by atoms with Gasteiger partial charge in [0, 0.05) is 24.2 Å². The van der Waals surface area contributed by atoms with Gasteiger partial charge in [-0.2, -0.15) is 13.2 Å². The third kappa shape index (κ3) is 2.54. The molecule has 1 aromatic rings. The van der Waals surface area contributed by atoms with Gasteiger partial charge in [-0.3, -0.25) is 4.98 Å². The maximum atomic E-state index is 13.0. The molecule has 2 atom stereocenters. The number of rotatable bonds is 2. The van der Waals surface area contributed by atoms with Gasteiger partial charge in [-0.05, 0) is 25.3 Å². The highest BCUT2D eigenvalue weighted by Gasteiger charge is 2.51. The normalized spacial score (nSPS) is 27.8. The minimum absolute atomic E-state index is 0.0283. The summed E-state index contributed by atoms with van der Waals surface area (Å²) in [4.78, 5) is 3.61. The van der Waals surface area contributed by atoms with Gasteiger partial charge < -0.3 is 5.11 Å². The number of pyridine rings is 1. The van der Waals surface area contributed by atoms with E-state index in [0.29, 0.717) is 6.42 Å². The van der Waals surface area contributed by atoms with Gasteiger partial charge >= 0.3 is 6.18 Å². The van der Waals surface area contributed by atoms with E-state index >= 15 is 0 Å². The van der Waals surface area contributed by atoms with E-state index < -0.39 is 38.0 Å². The zero-order valence-electron chi connectivity index (χ0n) is 10.7. The van der Waals surface area contributed by atoms with E-state index in [-0.39, 0.29) is 12.8 Å². The van der Waals surface area contributed by atoms with Crippen LogP contribution in [0.15, 0.2) is 18.5 Å². The smallest absolute Gasteiger partial charge is 0.384 e. The van der Waals surface area contributed by atoms with Crippen LogP contribution in [0.2, 0.25) is 0 Å². The standard InChI is InChI=1S/C12H14F3NO3S/c1-20(18,19)10-3-2-5-11(10,17)9-7-16-6-4-8(9)12(13,14)15/h4,6-7,10,17H,2-3,5H2,1H3. The molecule has 0 aliphatic heterocycles. The summed E-state index contributed by atoms with van der Waals surface area (Å²) >= 11 is 0. The number of nitrogens with zero attached hydrogens (tertiary/aromatic N) is 1. The third-order valence-electron chi connectivity index (χ3n) is 3.67. The van der Waals surface area contributed by atoms with Crippen molar-refractivity contribution in [2.75, 3.05) is 6.26 Å². The average Bonchev–Trinajstić information content (AvgIpc) is 2.71. The first kappa shape index (κ1) is 15.2. The molecule has 1 aliphatic carbocycles. The van der Waals surface area contributed by atoms with Gasteiger partial charge in [0.05, 0.1) is 10.8 Å². The molecule has 2 unspecified atom stereocenters. The lowest BCUT2D eigenvalue weighted by Crippen LogP contribution is -2.41. The average molecular weight is 309 g/mol. The molecule has 1 heterocycles. The Balaban J connectivity index is 2.61. The zero-order chi connectivity index (χ0) is 15.2. The fourth-order valence-electron chi connectivity index (χ4n) is 2.82. The van der Waals surface area contributed by atoms with Crippen molar-refractivity contribution in [2.45, 2.75) is 36.3 Å². The largest absolute Gasteiger partial charge is 0.416 e. The first-order valence-corrected chi connectivity index (χ1v) is 7.95. The first-order chi connectivity index (χ1) is 9.07. The molecule has 1 fully saturated rings. The van der Waals surface area contributed by atoms with Crippen molar-refractivity contribution in [1.29, 1.82) is 0 Å². The molecular formula is C12H14F3NO3S. The predicted molar refractivity (Wildman–Crippen MR) is 65.6 cm³/mol. The molecule has 2 rings (SSSR count). The van der Waals surface area contributed by atoms with Crippen molar-refractivity contribution < 1.29 is 26.7 Å². The maximum Gasteiger partial charge on any atom is 0.416 e. The second-order valence-corrected chi connectivity index (χ2v) is 7.28. The second kappa shape index (κ2) is 4.70. The number of alkyl halides is 3. The molecule has 1 aliphatic rings. The molecular weight excluding hydrogens is 295 g/mol. The minimum atomic E-state index is -4.67. The van der Waals surface area contributed by atoms with Crippen LogP contribution in [-0.4, -0.2) is 30.0 Å². The number of hydrogen-bond donors (Lipinski definition) is 1. The van der Waals surface area contributed by atoms with Crippen molar-refractivity contribution in [3.63, 3.8) is 0 Å². The van der Waals surface area contributed by atoms with Gasteiger partial charge in [-0.1, -0.05) is 0 Å². The van der Waals surface area contributed by atoms with Gasteiger partial charge in [0.15, 0.2) is 9.84 Å². The molecule has 8 heteroatoms. The van der Waals surface area contributed by atoms with Crippen LogP contribution < -0.4 is 0 Å². The summed E-state index contributed by atoms with van der Waals surface area (Å²) in [5.74, 6) is 0. The van der Waals surface area contributed by atoms with Crippen molar-refractivity contribution >= 4 is 9.84 Å². The van der Waals surface area contributed by atoms with E-state index in [1.54, 1.807) is 0 Å². The van der Waals surface area contributed by atoms with Crippen LogP contribution in [0.5, 0.6) is 0 Å². The number of aliphatic hydroxyl groups is 1. The molecule has 20 heavy (non-hydrogen) atoms. The molecule has 0 spiro atoms. The molecule has 1 saturated carbocycles. The first-order valence-electron chi connectivity index (χ1n) is 6.00. The van der Waals surface area contributed by atoms with Crippen LogP contribution in [0.1, 0.15) is 30.4 Å². The monoisotopic (exact) mass is 309 g/mol. The number of hydrogen-bond acceptors (Lipinski definition) is 4. The van der Waals surface area contributed by atoms with E-state index in [2.05, 4.69) is 4.98 Å². The SMILES string of the molecule is CS(=O)(=O)C1CCCC1(O)c1cnccc1C(F)(F)F. The molecule has 0 radical (unpaired) electrons. The Morgan fingerprint density at radius 1 is 1.45 bits per heavy atom. The summed E-state index contributed by atoms with van der Waals surface area (Å²) in [7, 11) is -3.67. The maximum absolute atomic E-state index is 13.0. The van der Waals surface area contributed by atoms with E-state index in [4.69, 9.17) is 0 Å². The second-order valence-electron chi connectivity index (χ2n) is 5.05. The Morgan fingerprint density at radius 3 is 2.65 bits per heavy atom. The van der Waals surface area contributed by atoms with Gasteiger partial charge in [-0.25, -0.2) is 8.42 Å². The molecule has 4 nitrogen and oxygen atoms in total. The quantitative estimate of drug-likeness (QED) is 0.906. The highest BCUT2D eigenvalue weighted by atomic mass is 32.2.